The number of benzene rings is 2. The van der Waals surface area contributed by atoms with Crippen molar-refractivity contribution >= 4 is 44.3 Å². The molecule has 0 bridgehead atoms. The Morgan fingerprint density at radius 1 is 1.17 bits per heavy atom. The molecule has 0 atom stereocenters. The smallest absolute Gasteiger partial charge is 0.325 e. The van der Waals surface area contributed by atoms with Crippen LogP contribution in [0.15, 0.2) is 41.2 Å². The van der Waals surface area contributed by atoms with E-state index < -0.39 is 0 Å². The van der Waals surface area contributed by atoms with Crippen LogP contribution in [-0.4, -0.2) is 25.4 Å². The van der Waals surface area contributed by atoms with Crippen molar-refractivity contribution in [1.29, 1.82) is 0 Å². The van der Waals surface area contributed by atoms with Crippen LogP contribution >= 0.6 is 11.8 Å². The van der Waals surface area contributed by atoms with E-state index in [0.29, 0.717) is 16.9 Å². The molecule has 4 nitrogen and oxygen atoms in total. The SMILES string of the molecule is CCOC(=O)CN/C(SC)=c1\c(=O)c2cccc3cccc1c32. The Balaban J connectivity index is 2.20. The Morgan fingerprint density at radius 2 is 1.87 bits per heavy atom. The van der Waals surface area contributed by atoms with Crippen LogP contribution in [0, 0.1) is 0 Å². The van der Waals surface area contributed by atoms with E-state index in [1.165, 1.54) is 11.8 Å². The summed E-state index contributed by atoms with van der Waals surface area (Å²) in [6.07, 6.45) is 1.89. The van der Waals surface area contributed by atoms with Crippen LogP contribution in [0.4, 0.5) is 0 Å². The standard InChI is InChI=1S/C18H17NO3S/c1-3-22-14(20)10-19-18(23-2)16-12-8-4-6-11-7-5-9-13(15(11)12)17(16)21/h4-9,19H,3,10H2,1-2H3/b18-16+. The summed E-state index contributed by atoms with van der Waals surface area (Å²) in [5.74, 6) is -0.333. The fourth-order valence-electron chi connectivity index (χ4n) is 2.85. The van der Waals surface area contributed by atoms with Crippen molar-refractivity contribution in [3.8, 4) is 0 Å². The third kappa shape index (κ3) is 2.72. The van der Waals surface area contributed by atoms with Gasteiger partial charge in [-0.25, -0.2) is 0 Å². The number of nitrogens with one attached hydrogen (secondary N) is 1. The number of esters is 1. The number of ether oxygens (including phenoxy) is 1. The van der Waals surface area contributed by atoms with Crippen molar-refractivity contribution in [2.24, 2.45) is 0 Å². The van der Waals surface area contributed by atoms with Crippen LogP contribution in [0.2, 0.25) is 0 Å². The van der Waals surface area contributed by atoms with Crippen molar-refractivity contribution in [3.63, 3.8) is 0 Å². The van der Waals surface area contributed by atoms with Gasteiger partial charge < -0.3 is 10.1 Å². The van der Waals surface area contributed by atoms with Gasteiger partial charge in [-0.05, 0) is 24.0 Å². The third-order valence-electron chi connectivity index (χ3n) is 3.78. The molecule has 0 radical (unpaired) electrons. The van der Waals surface area contributed by atoms with Gasteiger partial charge in [-0.2, -0.15) is 0 Å². The maximum Gasteiger partial charge on any atom is 0.325 e. The molecule has 0 fully saturated rings. The molecular weight excluding hydrogens is 310 g/mol. The van der Waals surface area contributed by atoms with Crippen LogP contribution in [0.25, 0.3) is 26.6 Å². The summed E-state index contributed by atoms with van der Waals surface area (Å²) >= 11 is 1.43. The van der Waals surface area contributed by atoms with Crippen LogP contribution in [-0.2, 0) is 9.53 Å². The summed E-state index contributed by atoms with van der Waals surface area (Å²) in [6, 6.07) is 11.7. The van der Waals surface area contributed by atoms with E-state index in [9.17, 15) is 9.59 Å². The van der Waals surface area contributed by atoms with Crippen molar-refractivity contribution in [2.45, 2.75) is 6.92 Å². The first-order valence-electron chi connectivity index (χ1n) is 7.42. The molecule has 0 unspecified atom stereocenters. The number of hydrogen-bond donors (Lipinski definition) is 1. The Kier molecular flexibility index (Phi) is 4.39. The summed E-state index contributed by atoms with van der Waals surface area (Å²) in [6.45, 7) is 2.16. The average molecular weight is 327 g/mol. The lowest BCUT2D eigenvalue weighted by molar-refractivity contribution is -0.141. The molecule has 23 heavy (non-hydrogen) atoms. The van der Waals surface area contributed by atoms with Gasteiger partial charge in [0.25, 0.3) is 0 Å². The zero-order valence-electron chi connectivity index (χ0n) is 13.0. The zero-order valence-corrected chi connectivity index (χ0v) is 13.8. The molecule has 0 spiro atoms. The summed E-state index contributed by atoms with van der Waals surface area (Å²) in [5, 5.41) is 8.06. The Hall–Kier alpha value is -2.27. The van der Waals surface area contributed by atoms with Crippen molar-refractivity contribution in [3.05, 3.63) is 51.8 Å². The van der Waals surface area contributed by atoms with Gasteiger partial charge in [0.05, 0.1) is 16.9 Å². The lowest BCUT2D eigenvalue weighted by Gasteiger charge is -2.07. The largest absolute Gasteiger partial charge is 0.465 e. The molecule has 0 heterocycles. The average Bonchev–Trinajstić information content (AvgIpc) is 2.84. The highest BCUT2D eigenvalue weighted by Gasteiger charge is 2.14. The minimum atomic E-state index is -0.333. The topological polar surface area (TPSA) is 55.4 Å². The highest BCUT2D eigenvalue weighted by atomic mass is 32.2. The summed E-state index contributed by atoms with van der Waals surface area (Å²) in [4.78, 5) is 24.4. The van der Waals surface area contributed by atoms with Crippen molar-refractivity contribution in [2.75, 3.05) is 19.4 Å². The predicted molar refractivity (Wildman–Crippen MR) is 95.7 cm³/mol. The van der Waals surface area contributed by atoms with Gasteiger partial charge in [0.2, 0.25) is 0 Å². The van der Waals surface area contributed by atoms with E-state index >= 15 is 0 Å². The summed E-state index contributed by atoms with van der Waals surface area (Å²) in [5.41, 5.74) is -0.00231. The Labute approximate surface area is 137 Å². The van der Waals surface area contributed by atoms with E-state index in [-0.39, 0.29) is 17.9 Å². The Morgan fingerprint density at radius 3 is 2.52 bits per heavy atom. The van der Waals surface area contributed by atoms with E-state index in [1.54, 1.807) is 6.92 Å². The quantitative estimate of drug-likeness (QED) is 0.727. The highest BCUT2D eigenvalue weighted by molar-refractivity contribution is 8.07. The lowest BCUT2D eigenvalue weighted by Crippen LogP contribution is -2.31. The first-order valence-corrected chi connectivity index (χ1v) is 8.64. The van der Waals surface area contributed by atoms with Gasteiger partial charge in [0.15, 0.2) is 5.43 Å². The third-order valence-corrected chi connectivity index (χ3v) is 4.53. The monoisotopic (exact) mass is 327 g/mol. The zero-order chi connectivity index (χ0) is 16.4. The molecule has 118 valence electrons. The van der Waals surface area contributed by atoms with E-state index in [0.717, 1.165) is 21.5 Å². The second-order valence-corrected chi connectivity index (χ2v) is 5.92. The summed E-state index contributed by atoms with van der Waals surface area (Å²) < 4.78 is 4.93. The first kappa shape index (κ1) is 15.6. The lowest BCUT2D eigenvalue weighted by atomic mass is 10.1. The van der Waals surface area contributed by atoms with Crippen molar-refractivity contribution < 1.29 is 9.53 Å². The fourth-order valence-corrected chi connectivity index (χ4v) is 3.47. The molecule has 0 saturated heterocycles. The molecule has 0 aliphatic carbocycles. The summed E-state index contributed by atoms with van der Waals surface area (Å²) in [7, 11) is 0. The molecule has 0 aliphatic heterocycles. The molecule has 1 N–H and O–H groups in total. The molecule has 0 aliphatic rings. The number of hydrogen-bond acceptors (Lipinski definition) is 5. The number of carbonyl (C=O) groups is 1. The van der Waals surface area contributed by atoms with Gasteiger partial charge in [0.1, 0.15) is 6.54 Å². The predicted octanol–water partition coefficient (Wildman–Crippen LogP) is 2.09. The molecule has 3 rings (SSSR count). The van der Waals surface area contributed by atoms with E-state index in [4.69, 9.17) is 4.74 Å². The molecule has 0 saturated carbocycles. The molecular formula is C18H17NO3S. The number of carbonyl (C=O) groups excluding carboxylic acids is 1. The second-order valence-electron chi connectivity index (χ2n) is 5.11. The molecule has 0 amide bonds. The van der Waals surface area contributed by atoms with Crippen molar-refractivity contribution in [1.82, 2.24) is 5.32 Å². The van der Waals surface area contributed by atoms with Crippen LogP contribution in [0.5, 0.6) is 0 Å². The minimum absolute atomic E-state index is 0.00231. The minimum Gasteiger partial charge on any atom is -0.465 e. The molecule has 0 aromatic heterocycles. The molecule has 5 heteroatoms. The van der Waals surface area contributed by atoms with Gasteiger partial charge in [-0.3, -0.25) is 9.59 Å². The Bertz CT molecular complexity index is 962. The highest BCUT2D eigenvalue weighted by Crippen LogP contribution is 2.23. The fraction of sp³-hybridized carbons (Fsp3) is 0.222. The van der Waals surface area contributed by atoms with Crippen LogP contribution in [0.3, 0.4) is 0 Å². The number of rotatable bonds is 5. The molecule has 3 aromatic carbocycles. The van der Waals surface area contributed by atoms with Gasteiger partial charge >= 0.3 is 5.97 Å². The van der Waals surface area contributed by atoms with Gasteiger partial charge in [-0.1, -0.05) is 36.4 Å². The van der Waals surface area contributed by atoms with Gasteiger partial charge in [0, 0.05) is 10.8 Å². The maximum atomic E-state index is 12.8. The normalized spacial score (nSPS) is 12.6. The number of thioether (sulfide) groups is 1. The maximum absolute atomic E-state index is 12.8. The van der Waals surface area contributed by atoms with Gasteiger partial charge in [-0.15, -0.1) is 11.8 Å². The molecule has 3 aromatic rings. The second kappa shape index (κ2) is 6.46. The van der Waals surface area contributed by atoms with Crippen LogP contribution in [0.1, 0.15) is 6.92 Å². The van der Waals surface area contributed by atoms with E-state index in [1.807, 2.05) is 42.7 Å². The first-order chi connectivity index (χ1) is 11.2. The van der Waals surface area contributed by atoms with Crippen LogP contribution < -0.4 is 16.0 Å². The van der Waals surface area contributed by atoms with E-state index in [2.05, 4.69) is 5.32 Å².